The van der Waals surface area contributed by atoms with Crippen molar-refractivity contribution in [2.24, 2.45) is 0 Å². The summed E-state index contributed by atoms with van der Waals surface area (Å²) in [7, 11) is 3.99. The van der Waals surface area contributed by atoms with E-state index < -0.39 is 6.29 Å². The molecule has 0 saturated heterocycles. The quantitative estimate of drug-likeness (QED) is 0.180. The maximum atomic E-state index is 11.7. The van der Waals surface area contributed by atoms with Crippen molar-refractivity contribution >= 4 is 5.97 Å². The fourth-order valence-corrected chi connectivity index (χ4v) is 3.14. The lowest BCUT2D eigenvalue weighted by molar-refractivity contribution is -0.169. The third kappa shape index (κ3) is 19.7. The average Bonchev–Trinajstić information content (AvgIpc) is 2.58. The zero-order valence-electron chi connectivity index (χ0n) is 17.8. The molecule has 0 aliphatic heterocycles. The van der Waals surface area contributed by atoms with E-state index in [9.17, 15) is 9.90 Å². The van der Waals surface area contributed by atoms with Crippen molar-refractivity contribution in [3.8, 4) is 0 Å². The van der Waals surface area contributed by atoms with Crippen molar-refractivity contribution in [3.05, 3.63) is 0 Å². The van der Waals surface area contributed by atoms with Gasteiger partial charge in [-0.15, -0.1) is 0 Å². The number of hydrogen-bond donors (Lipinski definition) is 1. The van der Waals surface area contributed by atoms with Crippen LogP contribution >= 0.6 is 0 Å². The molecule has 4 heteroatoms. The highest BCUT2D eigenvalue weighted by Crippen LogP contribution is 2.13. The van der Waals surface area contributed by atoms with E-state index in [2.05, 4.69) is 11.8 Å². The van der Waals surface area contributed by atoms with Gasteiger partial charge in [0.1, 0.15) is 0 Å². The molecule has 0 fully saturated rings. The molecule has 0 heterocycles. The van der Waals surface area contributed by atoms with Gasteiger partial charge in [0, 0.05) is 12.8 Å². The Morgan fingerprint density at radius 3 is 1.73 bits per heavy atom. The Morgan fingerprint density at radius 2 is 1.27 bits per heavy atom. The first-order valence-electron chi connectivity index (χ1n) is 11.1. The second-order valence-electron chi connectivity index (χ2n) is 7.88. The lowest BCUT2D eigenvalue weighted by Crippen LogP contribution is -2.20. The zero-order chi connectivity index (χ0) is 19.5. The van der Waals surface area contributed by atoms with E-state index in [0.29, 0.717) is 12.8 Å². The van der Waals surface area contributed by atoms with Gasteiger partial charge >= 0.3 is 5.97 Å². The Hall–Kier alpha value is -0.610. The minimum atomic E-state index is -0.940. The number of esters is 1. The van der Waals surface area contributed by atoms with Crippen LogP contribution in [0.2, 0.25) is 0 Å². The second-order valence-corrected chi connectivity index (χ2v) is 7.88. The standard InChI is InChI=1S/C22H45NO3/c1-4-5-6-7-8-9-10-11-12-13-14-15-16-18-21(24)26-22(25)19-17-20-23(2)3/h22,25H,4-20H2,1-3H3. The van der Waals surface area contributed by atoms with Gasteiger partial charge in [-0.2, -0.15) is 0 Å². The van der Waals surface area contributed by atoms with E-state index in [1.54, 1.807) is 0 Å². The summed E-state index contributed by atoms with van der Waals surface area (Å²) in [4.78, 5) is 13.7. The molecule has 0 aliphatic rings. The molecule has 0 bridgehead atoms. The summed E-state index contributed by atoms with van der Waals surface area (Å²) in [6, 6.07) is 0. The van der Waals surface area contributed by atoms with Crippen LogP contribution in [0.5, 0.6) is 0 Å². The molecule has 0 spiro atoms. The Morgan fingerprint density at radius 1 is 0.808 bits per heavy atom. The molecule has 156 valence electrons. The Bertz CT molecular complexity index is 308. The van der Waals surface area contributed by atoms with E-state index in [1.165, 1.54) is 70.6 Å². The molecular formula is C22H45NO3. The minimum absolute atomic E-state index is 0.259. The molecule has 0 aromatic carbocycles. The molecule has 0 radical (unpaired) electrons. The predicted molar refractivity (Wildman–Crippen MR) is 110 cm³/mol. The summed E-state index contributed by atoms with van der Waals surface area (Å²) in [6.45, 7) is 3.16. The van der Waals surface area contributed by atoms with Crippen molar-refractivity contribution in [1.82, 2.24) is 4.90 Å². The van der Waals surface area contributed by atoms with Crippen molar-refractivity contribution < 1.29 is 14.6 Å². The predicted octanol–water partition coefficient (Wildman–Crippen LogP) is 5.67. The summed E-state index contributed by atoms with van der Waals surface area (Å²) in [5.41, 5.74) is 0. The maximum Gasteiger partial charge on any atom is 0.308 e. The highest BCUT2D eigenvalue weighted by Gasteiger charge is 2.10. The van der Waals surface area contributed by atoms with Crippen LogP contribution in [0.1, 0.15) is 110 Å². The number of carbonyl (C=O) groups is 1. The molecule has 0 aromatic rings. The third-order valence-corrected chi connectivity index (χ3v) is 4.81. The SMILES string of the molecule is CCCCCCCCCCCCCCCC(=O)OC(O)CCCN(C)C. The van der Waals surface area contributed by atoms with Crippen molar-refractivity contribution in [1.29, 1.82) is 0 Å². The van der Waals surface area contributed by atoms with Crippen LogP contribution in [0, 0.1) is 0 Å². The molecule has 4 nitrogen and oxygen atoms in total. The van der Waals surface area contributed by atoms with E-state index >= 15 is 0 Å². The van der Waals surface area contributed by atoms with Gasteiger partial charge < -0.3 is 14.7 Å². The van der Waals surface area contributed by atoms with Crippen LogP contribution in [0.15, 0.2) is 0 Å². The van der Waals surface area contributed by atoms with E-state index in [0.717, 1.165) is 25.8 Å². The van der Waals surface area contributed by atoms with Crippen molar-refractivity contribution in [2.75, 3.05) is 20.6 Å². The van der Waals surface area contributed by atoms with Crippen LogP contribution in [-0.2, 0) is 9.53 Å². The van der Waals surface area contributed by atoms with Gasteiger partial charge in [-0.05, 0) is 33.5 Å². The summed E-state index contributed by atoms with van der Waals surface area (Å²) >= 11 is 0. The summed E-state index contributed by atoms with van der Waals surface area (Å²) < 4.78 is 5.04. The van der Waals surface area contributed by atoms with Gasteiger partial charge in [-0.3, -0.25) is 4.79 Å². The first-order valence-corrected chi connectivity index (χ1v) is 11.1. The molecule has 26 heavy (non-hydrogen) atoms. The van der Waals surface area contributed by atoms with E-state index in [1.807, 2.05) is 14.1 Å². The van der Waals surface area contributed by atoms with Crippen LogP contribution in [0.4, 0.5) is 0 Å². The molecule has 0 amide bonds. The Kier molecular flexibility index (Phi) is 18.7. The van der Waals surface area contributed by atoms with Gasteiger partial charge in [-0.1, -0.05) is 84.0 Å². The van der Waals surface area contributed by atoms with E-state index in [-0.39, 0.29) is 5.97 Å². The molecule has 1 atom stereocenters. The fourth-order valence-electron chi connectivity index (χ4n) is 3.14. The van der Waals surface area contributed by atoms with Gasteiger partial charge in [0.2, 0.25) is 6.29 Å². The molecule has 0 saturated carbocycles. The summed E-state index contributed by atoms with van der Waals surface area (Å²) in [5, 5.41) is 9.67. The van der Waals surface area contributed by atoms with Crippen LogP contribution in [0.25, 0.3) is 0 Å². The van der Waals surface area contributed by atoms with E-state index in [4.69, 9.17) is 4.74 Å². The maximum absolute atomic E-state index is 11.7. The minimum Gasteiger partial charge on any atom is -0.436 e. The molecule has 1 N–H and O–H groups in total. The number of hydrogen-bond acceptors (Lipinski definition) is 4. The number of nitrogens with zero attached hydrogens (tertiary/aromatic N) is 1. The monoisotopic (exact) mass is 371 g/mol. The lowest BCUT2D eigenvalue weighted by Gasteiger charge is -2.14. The second kappa shape index (κ2) is 19.2. The number of aliphatic hydroxyl groups excluding tert-OH is 1. The topological polar surface area (TPSA) is 49.8 Å². The molecule has 0 aliphatic carbocycles. The number of rotatable bonds is 19. The molecule has 0 rings (SSSR count). The molecule has 1 unspecified atom stereocenters. The van der Waals surface area contributed by atoms with Crippen LogP contribution < -0.4 is 0 Å². The first-order chi connectivity index (χ1) is 12.6. The first kappa shape index (κ1) is 25.4. The van der Waals surface area contributed by atoms with Crippen molar-refractivity contribution in [2.45, 2.75) is 116 Å². The smallest absolute Gasteiger partial charge is 0.308 e. The third-order valence-electron chi connectivity index (χ3n) is 4.81. The molecule has 0 aromatic heterocycles. The Balaban J connectivity index is 3.27. The van der Waals surface area contributed by atoms with Crippen LogP contribution in [-0.4, -0.2) is 42.9 Å². The van der Waals surface area contributed by atoms with Gasteiger partial charge in [0.05, 0.1) is 0 Å². The highest BCUT2D eigenvalue weighted by molar-refractivity contribution is 5.69. The summed E-state index contributed by atoms with van der Waals surface area (Å²) in [5.74, 6) is -0.259. The van der Waals surface area contributed by atoms with Gasteiger partial charge in [0.25, 0.3) is 0 Å². The zero-order valence-corrected chi connectivity index (χ0v) is 17.8. The largest absolute Gasteiger partial charge is 0.436 e. The molecular weight excluding hydrogens is 326 g/mol. The fraction of sp³-hybridized carbons (Fsp3) is 0.955. The van der Waals surface area contributed by atoms with Gasteiger partial charge in [-0.25, -0.2) is 0 Å². The van der Waals surface area contributed by atoms with Crippen molar-refractivity contribution in [3.63, 3.8) is 0 Å². The average molecular weight is 372 g/mol. The number of carbonyl (C=O) groups excluding carboxylic acids is 1. The van der Waals surface area contributed by atoms with Crippen LogP contribution in [0.3, 0.4) is 0 Å². The number of unbranched alkanes of at least 4 members (excludes halogenated alkanes) is 12. The van der Waals surface area contributed by atoms with Gasteiger partial charge in [0.15, 0.2) is 0 Å². The number of aliphatic hydroxyl groups is 1. The summed E-state index contributed by atoms with van der Waals surface area (Å²) in [6.07, 6.45) is 17.7. The normalized spacial score (nSPS) is 12.5. The highest BCUT2D eigenvalue weighted by atomic mass is 16.6. The number of ether oxygens (including phenoxy) is 1. The lowest BCUT2D eigenvalue weighted by atomic mass is 10.0. The Labute approximate surface area is 162 Å².